The zero-order valence-corrected chi connectivity index (χ0v) is 15.6. The van der Waals surface area contributed by atoms with Gasteiger partial charge in [0.15, 0.2) is 5.69 Å². The topological polar surface area (TPSA) is 64.4 Å². The quantitative estimate of drug-likeness (QED) is 0.701. The van der Waals surface area contributed by atoms with Crippen LogP contribution in [-0.4, -0.2) is 23.6 Å². The number of halogens is 1. The van der Waals surface area contributed by atoms with E-state index in [1.165, 1.54) is 23.5 Å². The van der Waals surface area contributed by atoms with E-state index in [0.29, 0.717) is 18.3 Å². The van der Waals surface area contributed by atoms with Gasteiger partial charge >= 0.3 is 0 Å². The number of hydrogen-bond donors (Lipinski definition) is 1. The summed E-state index contributed by atoms with van der Waals surface area (Å²) in [5, 5.41) is 4.93. The van der Waals surface area contributed by atoms with E-state index in [-0.39, 0.29) is 29.6 Å². The van der Waals surface area contributed by atoms with Crippen molar-refractivity contribution in [3.8, 4) is 10.8 Å². The van der Waals surface area contributed by atoms with Crippen molar-refractivity contribution in [1.82, 2.24) is 10.3 Å². The first-order valence-corrected chi connectivity index (χ1v) is 9.69. The van der Waals surface area contributed by atoms with Crippen LogP contribution >= 0.6 is 11.3 Å². The number of hydrogen-bond acceptors (Lipinski definition) is 5. The average Bonchev–Trinajstić information content (AvgIpc) is 3.41. The Balaban J connectivity index is 1.59. The Kier molecular flexibility index (Phi) is 5.05. The number of nitrogens with one attached hydrogen (secondary N) is 1. The Labute approximate surface area is 160 Å². The van der Waals surface area contributed by atoms with Crippen molar-refractivity contribution in [2.45, 2.75) is 31.9 Å². The molecule has 4 rings (SSSR count). The van der Waals surface area contributed by atoms with E-state index >= 15 is 0 Å². The molecule has 140 valence electrons. The molecule has 1 aromatic carbocycles. The number of rotatable bonds is 5. The van der Waals surface area contributed by atoms with Crippen molar-refractivity contribution in [2.24, 2.45) is 0 Å². The Morgan fingerprint density at radius 1 is 1.33 bits per heavy atom. The molecule has 5 nitrogen and oxygen atoms in total. The highest BCUT2D eigenvalue weighted by Gasteiger charge is 2.30. The largest absolute Gasteiger partial charge is 0.440 e. The van der Waals surface area contributed by atoms with Crippen LogP contribution in [0.3, 0.4) is 0 Å². The van der Waals surface area contributed by atoms with Gasteiger partial charge in [-0.3, -0.25) is 4.79 Å². The van der Waals surface area contributed by atoms with Crippen LogP contribution in [0, 0.1) is 12.7 Å². The second kappa shape index (κ2) is 7.62. The van der Waals surface area contributed by atoms with Gasteiger partial charge in [0, 0.05) is 6.61 Å². The molecule has 3 aromatic rings. The summed E-state index contributed by atoms with van der Waals surface area (Å²) in [6.45, 7) is 2.38. The highest BCUT2D eigenvalue weighted by molar-refractivity contribution is 7.13. The third-order valence-electron chi connectivity index (χ3n) is 4.60. The van der Waals surface area contributed by atoms with Gasteiger partial charge in [-0.2, -0.15) is 0 Å². The Bertz CT molecular complexity index is 915. The minimum Gasteiger partial charge on any atom is -0.440 e. The van der Waals surface area contributed by atoms with Gasteiger partial charge in [-0.1, -0.05) is 18.2 Å². The van der Waals surface area contributed by atoms with Gasteiger partial charge in [0.1, 0.15) is 11.6 Å². The third-order valence-corrected chi connectivity index (χ3v) is 5.45. The number of aromatic nitrogens is 1. The molecular weight excluding hydrogens is 367 g/mol. The molecule has 0 unspecified atom stereocenters. The smallest absolute Gasteiger partial charge is 0.274 e. The van der Waals surface area contributed by atoms with E-state index < -0.39 is 0 Å². The van der Waals surface area contributed by atoms with E-state index in [1.54, 1.807) is 19.1 Å². The van der Waals surface area contributed by atoms with Crippen molar-refractivity contribution in [1.29, 1.82) is 0 Å². The Morgan fingerprint density at radius 2 is 2.15 bits per heavy atom. The third kappa shape index (κ3) is 3.79. The van der Waals surface area contributed by atoms with Gasteiger partial charge in [-0.25, -0.2) is 9.37 Å². The first-order chi connectivity index (χ1) is 13.1. The number of thiophene rings is 1. The monoisotopic (exact) mass is 386 g/mol. The molecule has 1 aliphatic rings. The summed E-state index contributed by atoms with van der Waals surface area (Å²) in [5.41, 5.74) is 1.06. The zero-order chi connectivity index (χ0) is 18.8. The minimum absolute atomic E-state index is 0.150. The highest BCUT2D eigenvalue weighted by atomic mass is 32.1. The number of aryl methyl sites for hydroxylation is 1. The summed E-state index contributed by atoms with van der Waals surface area (Å²) in [5.74, 6) is 0.247. The van der Waals surface area contributed by atoms with Crippen LogP contribution in [0.5, 0.6) is 0 Å². The predicted molar refractivity (Wildman–Crippen MR) is 100 cm³/mol. The van der Waals surface area contributed by atoms with Gasteiger partial charge < -0.3 is 14.5 Å². The van der Waals surface area contributed by atoms with Crippen molar-refractivity contribution in [2.75, 3.05) is 6.61 Å². The average molecular weight is 386 g/mol. The standard InChI is InChI=1S/C20H19FN2O3S/c1-12-17(23-20(26-12)16-5-3-11-27-16)19(24)22-18(15-4-2-10-25-15)13-6-8-14(21)9-7-13/h3,5-9,11,15,18H,2,4,10H2,1H3,(H,22,24)/t15-,18-/m1/s1. The molecule has 0 spiro atoms. The van der Waals surface area contributed by atoms with Gasteiger partial charge in [0.05, 0.1) is 17.0 Å². The van der Waals surface area contributed by atoms with E-state index in [2.05, 4.69) is 10.3 Å². The molecule has 2 atom stereocenters. The maximum Gasteiger partial charge on any atom is 0.274 e. The fourth-order valence-electron chi connectivity index (χ4n) is 3.25. The normalized spacial score (nSPS) is 17.8. The summed E-state index contributed by atoms with van der Waals surface area (Å²) >= 11 is 1.50. The van der Waals surface area contributed by atoms with Crippen molar-refractivity contribution < 1.29 is 18.3 Å². The lowest BCUT2D eigenvalue weighted by molar-refractivity contribution is 0.0669. The van der Waals surface area contributed by atoms with Crippen LogP contribution in [-0.2, 0) is 4.74 Å². The number of nitrogens with zero attached hydrogens (tertiary/aromatic N) is 1. The van der Waals surface area contributed by atoms with Gasteiger partial charge in [-0.15, -0.1) is 11.3 Å². The molecule has 3 heterocycles. The molecule has 1 N–H and O–H groups in total. The number of oxazole rings is 1. The van der Waals surface area contributed by atoms with E-state index in [4.69, 9.17) is 9.15 Å². The van der Waals surface area contributed by atoms with Crippen molar-refractivity contribution in [3.05, 3.63) is 64.6 Å². The molecule has 0 aliphatic carbocycles. The molecule has 7 heteroatoms. The van der Waals surface area contributed by atoms with Crippen LogP contribution in [0.1, 0.15) is 40.7 Å². The van der Waals surface area contributed by atoms with E-state index in [1.807, 2.05) is 17.5 Å². The summed E-state index contributed by atoms with van der Waals surface area (Å²) < 4.78 is 24.8. The maximum atomic E-state index is 13.3. The lowest BCUT2D eigenvalue weighted by Crippen LogP contribution is -2.36. The lowest BCUT2D eigenvalue weighted by atomic mass is 9.99. The summed E-state index contributed by atoms with van der Waals surface area (Å²) in [6.07, 6.45) is 1.62. The van der Waals surface area contributed by atoms with Crippen LogP contribution in [0.15, 0.2) is 46.2 Å². The van der Waals surface area contributed by atoms with Crippen LogP contribution in [0.25, 0.3) is 10.8 Å². The van der Waals surface area contributed by atoms with Gasteiger partial charge in [0.25, 0.3) is 5.91 Å². The first kappa shape index (κ1) is 17.9. The van der Waals surface area contributed by atoms with Crippen molar-refractivity contribution >= 4 is 17.2 Å². The molecule has 2 aromatic heterocycles. The van der Waals surface area contributed by atoms with Crippen molar-refractivity contribution in [3.63, 3.8) is 0 Å². The number of benzene rings is 1. The second-order valence-electron chi connectivity index (χ2n) is 6.46. The summed E-state index contributed by atoms with van der Waals surface area (Å²) in [6, 6.07) is 9.55. The summed E-state index contributed by atoms with van der Waals surface area (Å²) in [4.78, 5) is 18.1. The summed E-state index contributed by atoms with van der Waals surface area (Å²) in [7, 11) is 0. The molecule has 0 saturated carbocycles. The Morgan fingerprint density at radius 3 is 2.81 bits per heavy atom. The molecule has 1 amide bonds. The van der Waals surface area contributed by atoms with Gasteiger partial charge in [-0.05, 0) is 48.9 Å². The maximum absolute atomic E-state index is 13.3. The lowest BCUT2D eigenvalue weighted by Gasteiger charge is -2.24. The van der Waals surface area contributed by atoms with Crippen LogP contribution in [0.4, 0.5) is 4.39 Å². The molecule has 0 radical (unpaired) electrons. The molecular formula is C20H19FN2O3S. The van der Waals surface area contributed by atoms with Crippen LogP contribution in [0.2, 0.25) is 0 Å². The number of carbonyl (C=O) groups excluding carboxylic acids is 1. The number of ether oxygens (including phenoxy) is 1. The molecule has 1 aliphatic heterocycles. The molecule has 1 fully saturated rings. The first-order valence-electron chi connectivity index (χ1n) is 8.81. The fourth-order valence-corrected chi connectivity index (χ4v) is 3.90. The molecule has 1 saturated heterocycles. The molecule has 27 heavy (non-hydrogen) atoms. The van der Waals surface area contributed by atoms with E-state index in [0.717, 1.165) is 23.3 Å². The SMILES string of the molecule is Cc1oc(-c2cccs2)nc1C(=O)N[C@H](c1ccc(F)cc1)[C@H]1CCCO1. The molecule has 0 bridgehead atoms. The Hall–Kier alpha value is -2.51. The number of amides is 1. The highest BCUT2D eigenvalue weighted by Crippen LogP contribution is 2.29. The minimum atomic E-state index is -0.373. The van der Waals surface area contributed by atoms with E-state index in [9.17, 15) is 9.18 Å². The number of carbonyl (C=O) groups is 1. The van der Waals surface area contributed by atoms with Crippen LogP contribution < -0.4 is 5.32 Å². The predicted octanol–water partition coefficient (Wildman–Crippen LogP) is 4.50. The second-order valence-corrected chi connectivity index (χ2v) is 7.40. The van der Waals surface area contributed by atoms with Gasteiger partial charge in [0.2, 0.25) is 5.89 Å². The zero-order valence-electron chi connectivity index (χ0n) is 14.8. The fraction of sp³-hybridized carbons (Fsp3) is 0.300.